The predicted molar refractivity (Wildman–Crippen MR) is 77.3 cm³/mol. The number of allylic oxidation sites excluding steroid dienone is 3. The fraction of sp³-hybridized carbons (Fsp3) is 0.500. The van der Waals surface area contributed by atoms with Gasteiger partial charge in [0.15, 0.2) is 0 Å². The van der Waals surface area contributed by atoms with Crippen molar-refractivity contribution in [2.75, 3.05) is 6.61 Å². The van der Waals surface area contributed by atoms with Gasteiger partial charge in [0.05, 0.1) is 18.1 Å². The van der Waals surface area contributed by atoms with Gasteiger partial charge in [-0.2, -0.15) is 5.26 Å². The fourth-order valence-electron chi connectivity index (χ4n) is 1.35. The lowest BCUT2D eigenvalue weighted by atomic mass is 9.84. The second-order valence-corrected chi connectivity index (χ2v) is 4.75. The summed E-state index contributed by atoms with van der Waals surface area (Å²) in [5.74, 6) is -0.254. The van der Waals surface area contributed by atoms with Crippen molar-refractivity contribution in [1.82, 2.24) is 0 Å². The Hall–Kier alpha value is -1.82. The van der Waals surface area contributed by atoms with Gasteiger partial charge in [-0.1, -0.05) is 43.9 Å². The Morgan fingerprint density at radius 1 is 1.47 bits per heavy atom. The van der Waals surface area contributed by atoms with Crippen molar-refractivity contribution >= 4 is 5.97 Å². The summed E-state index contributed by atoms with van der Waals surface area (Å²) in [5, 5.41) is 9.00. The average Bonchev–Trinajstić information content (AvgIpc) is 2.42. The zero-order valence-electron chi connectivity index (χ0n) is 11.9. The molecule has 1 atom stereocenters. The lowest BCUT2D eigenvalue weighted by Gasteiger charge is -2.18. The van der Waals surface area contributed by atoms with Crippen LogP contribution in [0.2, 0.25) is 0 Å². The van der Waals surface area contributed by atoms with E-state index in [9.17, 15) is 4.79 Å². The van der Waals surface area contributed by atoms with Crippen LogP contribution in [0.25, 0.3) is 0 Å². The smallest absolute Gasteiger partial charge is 0.305 e. The first-order valence-corrected chi connectivity index (χ1v) is 6.51. The van der Waals surface area contributed by atoms with Crippen molar-refractivity contribution in [3.05, 3.63) is 37.0 Å². The van der Waals surface area contributed by atoms with Crippen LogP contribution >= 0.6 is 0 Å². The van der Waals surface area contributed by atoms with Crippen molar-refractivity contribution in [3.63, 3.8) is 0 Å². The van der Waals surface area contributed by atoms with E-state index >= 15 is 0 Å². The molecule has 0 aliphatic rings. The van der Waals surface area contributed by atoms with Gasteiger partial charge >= 0.3 is 5.97 Å². The van der Waals surface area contributed by atoms with Gasteiger partial charge < -0.3 is 4.74 Å². The Morgan fingerprint density at radius 2 is 2.16 bits per heavy atom. The Labute approximate surface area is 116 Å². The van der Waals surface area contributed by atoms with Gasteiger partial charge in [-0.05, 0) is 19.8 Å². The summed E-state index contributed by atoms with van der Waals surface area (Å²) in [4.78, 5) is 11.5. The molecule has 0 aliphatic heterocycles. The summed E-state index contributed by atoms with van der Waals surface area (Å²) in [6.45, 7) is 11.5. The maximum atomic E-state index is 11.5. The number of hydrogen-bond donors (Lipinski definition) is 0. The number of rotatable bonds is 9. The molecule has 0 heterocycles. The molecule has 0 saturated carbocycles. The normalized spacial score (nSPS) is 13.5. The molecule has 0 spiro atoms. The second-order valence-electron chi connectivity index (χ2n) is 4.75. The van der Waals surface area contributed by atoms with Crippen LogP contribution in [0.3, 0.4) is 0 Å². The van der Waals surface area contributed by atoms with Crippen LogP contribution in [-0.4, -0.2) is 12.6 Å². The Bertz CT molecular complexity index is 390. The summed E-state index contributed by atoms with van der Waals surface area (Å²) in [6.07, 6.45) is 7.47. The maximum Gasteiger partial charge on any atom is 0.305 e. The molecule has 3 heteroatoms. The molecular weight excluding hydrogens is 238 g/mol. The first-order chi connectivity index (χ1) is 8.97. The van der Waals surface area contributed by atoms with Gasteiger partial charge in [0.2, 0.25) is 0 Å². The highest BCUT2D eigenvalue weighted by Gasteiger charge is 2.22. The predicted octanol–water partition coefficient (Wildman–Crippen LogP) is 3.94. The molecule has 0 fully saturated rings. The number of carbonyl (C=O) groups is 1. The highest BCUT2D eigenvalue weighted by molar-refractivity contribution is 5.69. The van der Waals surface area contributed by atoms with Crippen molar-refractivity contribution in [3.8, 4) is 6.07 Å². The molecule has 0 aromatic carbocycles. The van der Waals surface area contributed by atoms with E-state index in [1.165, 1.54) is 0 Å². The lowest BCUT2D eigenvalue weighted by Crippen LogP contribution is -2.16. The fourth-order valence-corrected chi connectivity index (χ4v) is 1.35. The van der Waals surface area contributed by atoms with Crippen molar-refractivity contribution in [2.24, 2.45) is 5.41 Å². The standard InChI is InChI=1S/C16H23NO2/c1-5-7-8-14(3)10-12-19-15(18)9-11-16(4,6-2)13-17/h5,7-8H,1,3,6,9-12H2,2,4H3/b8-7-. The van der Waals surface area contributed by atoms with Crippen molar-refractivity contribution < 1.29 is 9.53 Å². The largest absolute Gasteiger partial charge is 0.465 e. The van der Waals surface area contributed by atoms with Gasteiger partial charge in [0, 0.05) is 12.8 Å². The summed E-state index contributed by atoms with van der Waals surface area (Å²) in [5.41, 5.74) is 0.457. The van der Waals surface area contributed by atoms with Crippen LogP contribution in [0.5, 0.6) is 0 Å². The number of nitrogens with zero attached hydrogens (tertiary/aromatic N) is 1. The Morgan fingerprint density at radius 3 is 2.68 bits per heavy atom. The van der Waals surface area contributed by atoms with E-state index in [1.807, 2.05) is 19.9 Å². The molecule has 0 amide bonds. The third kappa shape index (κ3) is 7.99. The van der Waals surface area contributed by atoms with Gasteiger partial charge in [0.25, 0.3) is 0 Å². The Kier molecular flexibility index (Phi) is 8.28. The minimum absolute atomic E-state index is 0.254. The van der Waals surface area contributed by atoms with E-state index in [1.54, 1.807) is 12.2 Å². The first-order valence-electron chi connectivity index (χ1n) is 6.51. The summed E-state index contributed by atoms with van der Waals surface area (Å²) < 4.78 is 5.11. The topological polar surface area (TPSA) is 50.1 Å². The van der Waals surface area contributed by atoms with Gasteiger partial charge in [0.1, 0.15) is 0 Å². The summed E-state index contributed by atoms with van der Waals surface area (Å²) in [6, 6.07) is 2.24. The van der Waals surface area contributed by atoms with E-state index in [-0.39, 0.29) is 12.4 Å². The molecule has 0 N–H and O–H groups in total. The van der Waals surface area contributed by atoms with E-state index < -0.39 is 5.41 Å². The minimum atomic E-state index is -0.435. The van der Waals surface area contributed by atoms with Crippen LogP contribution in [0.4, 0.5) is 0 Å². The minimum Gasteiger partial charge on any atom is -0.465 e. The molecule has 19 heavy (non-hydrogen) atoms. The SMILES string of the molecule is C=C/C=C\C(=C)CCOC(=O)CCC(C)(C#N)CC. The first kappa shape index (κ1) is 17.2. The number of nitriles is 1. The molecule has 0 aromatic rings. The average molecular weight is 261 g/mol. The number of ether oxygens (including phenoxy) is 1. The van der Waals surface area contributed by atoms with Crippen LogP contribution < -0.4 is 0 Å². The number of carbonyl (C=O) groups excluding carboxylic acids is 1. The lowest BCUT2D eigenvalue weighted by molar-refractivity contribution is -0.144. The molecule has 0 aromatic heterocycles. The summed E-state index contributed by atoms with van der Waals surface area (Å²) in [7, 11) is 0. The van der Waals surface area contributed by atoms with Gasteiger partial charge in [-0.15, -0.1) is 0 Å². The summed E-state index contributed by atoms with van der Waals surface area (Å²) >= 11 is 0. The zero-order chi connectivity index (χ0) is 14.7. The number of hydrogen-bond acceptors (Lipinski definition) is 3. The molecule has 0 aliphatic carbocycles. The van der Waals surface area contributed by atoms with Crippen molar-refractivity contribution in [2.45, 2.75) is 39.5 Å². The molecular formula is C16H23NO2. The van der Waals surface area contributed by atoms with Gasteiger partial charge in [-0.25, -0.2) is 0 Å². The van der Waals surface area contributed by atoms with Crippen LogP contribution in [-0.2, 0) is 9.53 Å². The Balaban J connectivity index is 3.89. The molecule has 3 nitrogen and oxygen atoms in total. The van der Waals surface area contributed by atoms with E-state index in [2.05, 4.69) is 19.2 Å². The van der Waals surface area contributed by atoms with E-state index in [0.717, 1.165) is 12.0 Å². The third-order valence-electron chi connectivity index (χ3n) is 3.09. The molecule has 0 bridgehead atoms. The molecule has 1 unspecified atom stereocenters. The monoisotopic (exact) mass is 261 g/mol. The molecule has 0 saturated heterocycles. The van der Waals surface area contributed by atoms with Crippen LogP contribution in [0.1, 0.15) is 39.5 Å². The van der Waals surface area contributed by atoms with Crippen LogP contribution in [0.15, 0.2) is 37.0 Å². The van der Waals surface area contributed by atoms with Crippen molar-refractivity contribution in [1.29, 1.82) is 5.26 Å². The zero-order valence-corrected chi connectivity index (χ0v) is 11.9. The van der Waals surface area contributed by atoms with Gasteiger partial charge in [-0.3, -0.25) is 4.79 Å². The number of esters is 1. The quantitative estimate of drug-likeness (QED) is 0.466. The molecule has 0 rings (SSSR count). The van der Waals surface area contributed by atoms with E-state index in [0.29, 0.717) is 19.4 Å². The maximum absolute atomic E-state index is 11.5. The third-order valence-corrected chi connectivity index (χ3v) is 3.09. The molecule has 0 radical (unpaired) electrons. The molecule has 104 valence electrons. The second kappa shape index (κ2) is 9.16. The van der Waals surface area contributed by atoms with E-state index in [4.69, 9.17) is 10.00 Å². The highest BCUT2D eigenvalue weighted by atomic mass is 16.5. The van der Waals surface area contributed by atoms with Crippen LogP contribution in [0, 0.1) is 16.7 Å². The highest BCUT2D eigenvalue weighted by Crippen LogP contribution is 2.26.